The fourth-order valence-electron chi connectivity index (χ4n) is 7.08. The third-order valence-corrected chi connectivity index (χ3v) is 9.60. The van der Waals surface area contributed by atoms with E-state index in [1.807, 2.05) is 0 Å². The molecular formula is C33H44F2N4O7. The van der Waals surface area contributed by atoms with E-state index in [0.29, 0.717) is 25.0 Å². The standard InChI is InChI=1S/C33H44F2N4O7/c1-17-13-19-9-7-8-12-33(34,35)26-28(37-22-15-20(44-6)10-11-21(22)36-26)45-24-16-39(25(18(24)2)30(41)42)29(40)27(32(3,4)5)38-31(43)46-23(19)14-17/h10-11,15,17-19,23-25,27H,7-9,12-14,16H2,1-6H3,(H,38,43)(H,41,42)/t17-,18-,19-,23-,24+,25+,27-/m1/s1. The van der Waals surface area contributed by atoms with Crippen molar-refractivity contribution in [2.75, 3.05) is 13.7 Å². The second-order valence-electron chi connectivity index (χ2n) is 14.2. The van der Waals surface area contributed by atoms with Crippen molar-refractivity contribution < 1.29 is 42.5 Å². The second kappa shape index (κ2) is 12.8. The number of ether oxygens (including phenoxy) is 3. The van der Waals surface area contributed by atoms with Crippen LogP contribution in [0.5, 0.6) is 11.6 Å². The number of aromatic nitrogens is 2. The quantitative estimate of drug-likeness (QED) is 0.431. The van der Waals surface area contributed by atoms with E-state index in [2.05, 4.69) is 22.2 Å². The van der Waals surface area contributed by atoms with Crippen molar-refractivity contribution in [2.45, 2.75) is 103 Å². The van der Waals surface area contributed by atoms with Crippen molar-refractivity contribution in [3.05, 3.63) is 23.9 Å². The third-order valence-electron chi connectivity index (χ3n) is 9.60. The van der Waals surface area contributed by atoms with Gasteiger partial charge in [0, 0.05) is 18.4 Å². The van der Waals surface area contributed by atoms with Crippen molar-refractivity contribution in [3.8, 4) is 11.6 Å². The van der Waals surface area contributed by atoms with E-state index in [1.54, 1.807) is 45.9 Å². The summed E-state index contributed by atoms with van der Waals surface area (Å²) in [6, 6.07) is 2.23. The molecule has 2 bridgehead atoms. The van der Waals surface area contributed by atoms with Crippen LogP contribution >= 0.6 is 0 Å². The maximum atomic E-state index is 16.0. The topological polar surface area (TPSA) is 140 Å². The Balaban J connectivity index is 1.58. The van der Waals surface area contributed by atoms with E-state index in [4.69, 9.17) is 14.2 Å². The number of nitrogens with one attached hydrogen (secondary N) is 1. The summed E-state index contributed by atoms with van der Waals surface area (Å²) in [6.07, 6.45) is -0.00359. The molecule has 2 aromatic rings. The Kier molecular flexibility index (Phi) is 9.34. The number of aliphatic carboxylic acids is 1. The Morgan fingerprint density at radius 2 is 1.83 bits per heavy atom. The highest BCUT2D eigenvalue weighted by Crippen LogP contribution is 2.42. The predicted molar refractivity (Wildman–Crippen MR) is 164 cm³/mol. The van der Waals surface area contributed by atoms with Gasteiger partial charge in [-0.25, -0.2) is 19.6 Å². The maximum Gasteiger partial charge on any atom is 0.408 e. The van der Waals surface area contributed by atoms with Crippen LogP contribution in [0.2, 0.25) is 0 Å². The van der Waals surface area contributed by atoms with Crippen LogP contribution in [-0.2, 0) is 20.2 Å². The van der Waals surface area contributed by atoms with Crippen LogP contribution in [0, 0.1) is 23.2 Å². The molecule has 11 nitrogen and oxygen atoms in total. The number of rotatable bonds is 2. The Hall–Kier alpha value is -3.77. The van der Waals surface area contributed by atoms with Gasteiger partial charge in [-0.15, -0.1) is 0 Å². The Labute approximate surface area is 267 Å². The van der Waals surface area contributed by atoms with Crippen molar-refractivity contribution in [3.63, 3.8) is 0 Å². The van der Waals surface area contributed by atoms with E-state index >= 15 is 8.78 Å². The average Bonchev–Trinajstić information content (AvgIpc) is 3.49. The molecule has 0 spiro atoms. The molecule has 0 radical (unpaired) electrons. The van der Waals surface area contributed by atoms with Gasteiger partial charge in [-0.3, -0.25) is 4.79 Å². The monoisotopic (exact) mass is 646 g/mol. The molecular weight excluding hydrogens is 602 g/mol. The normalized spacial score (nSPS) is 30.7. The molecule has 1 saturated heterocycles. The molecule has 3 heterocycles. The highest BCUT2D eigenvalue weighted by atomic mass is 19.3. The number of carbonyl (C=O) groups excluding carboxylic acids is 2. The van der Waals surface area contributed by atoms with Crippen molar-refractivity contribution in [2.24, 2.45) is 23.2 Å². The summed E-state index contributed by atoms with van der Waals surface area (Å²) >= 11 is 0. The second-order valence-corrected chi connectivity index (χ2v) is 14.2. The van der Waals surface area contributed by atoms with Gasteiger partial charge in [0.25, 0.3) is 5.92 Å². The van der Waals surface area contributed by atoms with E-state index in [1.165, 1.54) is 7.11 Å². The zero-order valence-electron chi connectivity index (χ0n) is 27.2. The first-order valence-corrected chi connectivity index (χ1v) is 16.0. The summed E-state index contributed by atoms with van der Waals surface area (Å²) in [5.41, 5.74) is -0.955. The lowest BCUT2D eigenvalue weighted by Crippen LogP contribution is -2.57. The molecule has 1 aromatic carbocycles. The van der Waals surface area contributed by atoms with Gasteiger partial charge < -0.3 is 29.5 Å². The molecule has 2 N–H and O–H groups in total. The SMILES string of the molecule is COc1ccc2nc3c(nc2c1)O[C@H]1CN(C(=O)[C@H](C(C)(C)C)NC(=O)O[C@@H]2C[C@H](C)C[C@H]2CCCCC3(F)F)[C@H](C(=O)O)[C@@H]1C. The van der Waals surface area contributed by atoms with Crippen LogP contribution in [-0.4, -0.2) is 75.9 Å². The molecule has 0 unspecified atom stereocenters. The van der Waals surface area contributed by atoms with Crippen LogP contribution < -0.4 is 14.8 Å². The molecule has 1 saturated carbocycles. The molecule has 1 aromatic heterocycles. The Bertz CT molecular complexity index is 1480. The molecule has 252 valence electrons. The van der Waals surface area contributed by atoms with E-state index in [9.17, 15) is 19.5 Å². The smallest absolute Gasteiger partial charge is 0.408 e. The van der Waals surface area contributed by atoms with Crippen LogP contribution in [0.4, 0.5) is 13.6 Å². The van der Waals surface area contributed by atoms with Crippen molar-refractivity contribution in [1.29, 1.82) is 0 Å². The van der Waals surface area contributed by atoms with Gasteiger partial charge in [0.2, 0.25) is 11.8 Å². The number of alkyl halides is 2. The number of fused-ring (bicyclic) bond motifs is 5. The Morgan fingerprint density at radius 3 is 2.50 bits per heavy atom. The number of carboxylic acids is 1. The lowest BCUT2D eigenvalue weighted by Gasteiger charge is -2.35. The summed E-state index contributed by atoms with van der Waals surface area (Å²) in [6.45, 7) is 8.71. The molecule has 7 atom stereocenters. The van der Waals surface area contributed by atoms with E-state index in [0.717, 1.165) is 11.3 Å². The van der Waals surface area contributed by atoms with Crippen LogP contribution in [0.15, 0.2) is 18.2 Å². The minimum Gasteiger partial charge on any atom is -0.497 e. The minimum absolute atomic E-state index is 0.0111. The fraction of sp³-hybridized carbons (Fsp3) is 0.667. The number of halogens is 2. The fourth-order valence-corrected chi connectivity index (χ4v) is 7.08. The van der Waals surface area contributed by atoms with Gasteiger partial charge in [0.1, 0.15) is 30.0 Å². The summed E-state index contributed by atoms with van der Waals surface area (Å²) in [4.78, 5) is 49.8. The van der Waals surface area contributed by atoms with Gasteiger partial charge >= 0.3 is 12.1 Å². The van der Waals surface area contributed by atoms with E-state index in [-0.39, 0.29) is 35.8 Å². The van der Waals surface area contributed by atoms with Gasteiger partial charge in [0.15, 0.2) is 5.69 Å². The number of carbonyl (C=O) groups is 3. The summed E-state index contributed by atoms with van der Waals surface area (Å²) in [7, 11) is 1.47. The van der Waals surface area contributed by atoms with Crippen LogP contribution in [0.25, 0.3) is 11.0 Å². The number of hydrogen-bond acceptors (Lipinski definition) is 8. The van der Waals surface area contributed by atoms with Gasteiger partial charge in [-0.2, -0.15) is 8.78 Å². The highest BCUT2D eigenvalue weighted by Gasteiger charge is 2.51. The molecule has 5 rings (SSSR count). The first-order valence-electron chi connectivity index (χ1n) is 16.0. The predicted octanol–water partition coefficient (Wildman–Crippen LogP) is 5.54. The lowest BCUT2D eigenvalue weighted by molar-refractivity contribution is -0.151. The molecule has 2 fully saturated rings. The number of methoxy groups -OCH3 is 1. The zero-order chi connectivity index (χ0) is 33.6. The molecule has 46 heavy (non-hydrogen) atoms. The average molecular weight is 647 g/mol. The van der Waals surface area contributed by atoms with Gasteiger partial charge in [0.05, 0.1) is 24.7 Å². The highest BCUT2D eigenvalue weighted by molar-refractivity contribution is 5.90. The van der Waals surface area contributed by atoms with Crippen LogP contribution in [0.1, 0.15) is 78.8 Å². The minimum atomic E-state index is -3.42. The van der Waals surface area contributed by atoms with Gasteiger partial charge in [-0.05, 0) is 55.1 Å². The largest absolute Gasteiger partial charge is 0.497 e. The number of amides is 2. The first-order chi connectivity index (χ1) is 21.6. The zero-order valence-corrected chi connectivity index (χ0v) is 27.2. The van der Waals surface area contributed by atoms with E-state index < -0.39 is 77.5 Å². The Morgan fingerprint density at radius 1 is 1.09 bits per heavy atom. The summed E-state index contributed by atoms with van der Waals surface area (Å²) in [5.74, 6) is -5.84. The van der Waals surface area contributed by atoms with Gasteiger partial charge in [-0.1, -0.05) is 41.0 Å². The number of carboxylic acid groups (broad SMARTS) is 1. The molecule has 1 aliphatic carbocycles. The lowest BCUT2D eigenvalue weighted by atomic mass is 9.85. The summed E-state index contributed by atoms with van der Waals surface area (Å²) in [5, 5.41) is 13.0. The molecule has 13 heteroatoms. The van der Waals surface area contributed by atoms with Crippen molar-refractivity contribution in [1.82, 2.24) is 20.2 Å². The first kappa shape index (κ1) is 33.6. The summed E-state index contributed by atoms with van der Waals surface area (Å²) < 4.78 is 49.3. The maximum absolute atomic E-state index is 16.0. The number of benzene rings is 1. The number of alkyl carbamates (subject to hydrolysis) is 1. The molecule has 2 aliphatic heterocycles. The van der Waals surface area contributed by atoms with Crippen LogP contribution in [0.3, 0.4) is 0 Å². The number of hydrogen-bond donors (Lipinski definition) is 2. The number of nitrogens with zero attached hydrogens (tertiary/aromatic N) is 3. The molecule has 3 aliphatic rings. The molecule has 2 amide bonds. The third kappa shape index (κ3) is 6.83. The van der Waals surface area contributed by atoms with Crippen molar-refractivity contribution >= 4 is 29.0 Å².